The van der Waals surface area contributed by atoms with Crippen LogP contribution in [0.25, 0.3) is 10.9 Å². The molecule has 3 aromatic rings. The fourth-order valence-electron chi connectivity index (χ4n) is 3.35. The quantitative estimate of drug-likeness (QED) is 0.648. The third kappa shape index (κ3) is 2.87. The number of ether oxygens (including phenoxy) is 1. The number of carbonyl (C=O) groups is 1. The summed E-state index contributed by atoms with van der Waals surface area (Å²) >= 11 is 0. The van der Waals surface area contributed by atoms with Gasteiger partial charge in [-0.25, -0.2) is 4.79 Å². The van der Waals surface area contributed by atoms with Crippen LogP contribution >= 0.6 is 0 Å². The van der Waals surface area contributed by atoms with Crippen LogP contribution in [0.15, 0.2) is 41.1 Å². The van der Waals surface area contributed by atoms with Gasteiger partial charge in [-0.05, 0) is 64.3 Å². The molecule has 5 nitrogen and oxygen atoms in total. The van der Waals surface area contributed by atoms with Crippen molar-refractivity contribution >= 4 is 16.9 Å². The van der Waals surface area contributed by atoms with E-state index in [1.54, 1.807) is 12.3 Å². The fourth-order valence-corrected chi connectivity index (χ4v) is 3.35. The van der Waals surface area contributed by atoms with Crippen molar-refractivity contribution < 1.29 is 14.1 Å². The molecule has 26 heavy (non-hydrogen) atoms. The van der Waals surface area contributed by atoms with Gasteiger partial charge in [-0.3, -0.25) is 4.98 Å². The van der Waals surface area contributed by atoms with E-state index in [9.17, 15) is 4.79 Å². The minimum atomic E-state index is -0.542. The van der Waals surface area contributed by atoms with Gasteiger partial charge >= 0.3 is 5.97 Å². The number of nitrogens with zero attached hydrogens (tertiary/aromatic N) is 2. The average molecular weight is 350 g/mol. The van der Waals surface area contributed by atoms with Gasteiger partial charge in [0.1, 0.15) is 11.4 Å². The van der Waals surface area contributed by atoms with Crippen molar-refractivity contribution in [3.05, 3.63) is 59.1 Å². The number of aromatic nitrogens is 2. The number of carbonyl (C=O) groups excluding carboxylic acids is 1. The molecule has 1 aliphatic carbocycles. The Labute approximate surface area is 152 Å². The summed E-state index contributed by atoms with van der Waals surface area (Å²) in [6.45, 7) is 7.52. The van der Waals surface area contributed by atoms with Gasteiger partial charge in [-0.1, -0.05) is 11.2 Å². The fraction of sp³-hybridized carbons (Fsp3) is 0.381. The number of esters is 1. The molecular formula is C21H22N2O3. The standard InChI is InChI=1S/C21H22N2O3/c1-13-11-18(26-23-13)21(8-9-21)14-5-6-17-16(12-14)15(7-10-22-17)19(24)25-20(2,3)4/h5-7,10-12H,8-9H2,1-4H3. The Morgan fingerprint density at radius 3 is 2.58 bits per heavy atom. The van der Waals surface area contributed by atoms with E-state index in [0.29, 0.717) is 5.56 Å². The van der Waals surface area contributed by atoms with E-state index in [1.165, 1.54) is 0 Å². The van der Waals surface area contributed by atoms with E-state index in [4.69, 9.17) is 9.26 Å². The maximum absolute atomic E-state index is 12.6. The van der Waals surface area contributed by atoms with Crippen molar-refractivity contribution in [2.75, 3.05) is 0 Å². The van der Waals surface area contributed by atoms with Crippen molar-refractivity contribution in [2.45, 2.75) is 51.6 Å². The number of hydrogen-bond donors (Lipinski definition) is 0. The number of rotatable bonds is 3. The molecule has 0 bridgehead atoms. The second-order valence-corrected chi connectivity index (χ2v) is 8.01. The molecule has 2 heterocycles. The summed E-state index contributed by atoms with van der Waals surface area (Å²) in [6, 6.07) is 9.79. The monoisotopic (exact) mass is 350 g/mol. The highest BCUT2D eigenvalue weighted by atomic mass is 16.6. The highest BCUT2D eigenvalue weighted by Gasteiger charge is 2.49. The Kier molecular flexibility index (Phi) is 3.65. The molecule has 0 atom stereocenters. The largest absolute Gasteiger partial charge is 0.456 e. The van der Waals surface area contributed by atoms with Gasteiger partial charge < -0.3 is 9.26 Å². The Bertz CT molecular complexity index is 994. The third-order valence-corrected chi connectivity index (χ3v) is 4.76. The first kappa shape index (κ1) is 16.8. The van der Waals surface area contributed by atoms with Crippen LogP contribution in [-0.4, -0.2) is 21.7 Å². The molecule has 1 fully saturated rings. The third-order valence-electron chi connectivity index (χ3n) is 4.76. The first-order valence-corrected chi connectivity index (χ1v) is 8.85. The van der Waals surface area contributed by atoms with Crippen LogP contribution in [0.4, 0.5) is 0 Å². The molecule has 1 aromatic carbocycles. The van der Waals surface area contributed by atoms with E-state index in [0.717, 1.165) is 40.8 Å². The molecule has 0 radical (unpaired) electrons. The predicted octanol–water partition coefficient (Wildman–Crippen LogP) is 4.57. The average Bonchev–Trinajstić information content (AvgIpc) is 3.27. The van der Waals surface area contributed by atoms with Crippen LogP contribution in [0.1, 0.15) is 61.0 Å². The van der Waals surface area contributed by atoms with E-state index < -0.39 is 5.60 Å². The molecule has 0 N–H and O–H groups in total. The molecule has 0 spiro atoms. The van der Waals surface area contributed by atoms with Crippen LogP contribution < -0.4 is 0 Å². The summed E-state index contributed by atoms with van der Waals surface area (Å²) in [4.78, 5) is 17.0. The van der Waals surface area contributed by atoms with Gasteiger partial charge in [0.05, 0.1) is 22.2 Å². The van der Waals surface area contributed by atoms with E-state index in [2.05, 4.69) is 16.2 Å². The second kappa shape index (κ2) is 5.66. The van der Waals surface area contributed by atoms with Crippen molar-refractivity contribution in [2.24, 2.45) is 0 Å². The highest BCUT2D eigenvalue weighted by molar-refractivity contribution is 6.03. The van der Waals surface area contributed by atoms with Crippen LogP contribution in [0.2, 0.25) is 0 Å². The number of pyridine rings is 1. The Morgan fingerprint density at radius 1 is 1.19 bits per heavy atom. The maximum Gasteiger partial charge on any atom is 0.339 e. The van der Waals surface area contributed by atoms with E-state index in [-0.39, 0.29) is 11.4 Å². The summed E-state index contributed by atoms with van der Waals surface area (Å²) in [7, 11) is 0. The van der Waals surface area contributed by atoms with Gasteiger partial charge in [0.2, 0.25) is 0 Å². The van der Waals surface area contributed by atoms with Crippen molar-refractivity contribution in [3.63, 3.8) is 0 Å². The molecule has 134 valence electrons. The summed E-state index contributed by atoms with van der Waals surface area (Å²) in [5, 5.41) is 4.84. The minimum Gasteiger partial charge on any atom is -0.456 e. The SMILES string of the molecule is Cc1cc(C2(c3ccc4nccc(C(=O)OC(C)(C)C)c4c3)CC2)on1. The van der Waals surface area contributed by atoms with Crippen molar-refractivity contribution in [3.8, 4) is 0 Å². The first-order valence-electron chi connectivity index (χ1n) is 8.85. The van der Waals surface area contributed by atoms with Gasteiger partial charge in [0.15, 0.2) is 0 Å². The molecular weight excluding hydrogens is 328 g/mol. The maximum atomic E-state index is 12.6. The van der Waals surface area contributed by atoms with Crippen LogP contribution in [0.5, 0.6) is 0 Å². The topological polar surface area (TPSA) is 65.2 Å². The second-order valence-electron chi connectivity index (χ2n) is 8.01. The number of benzene rings is 1. The molecule has 1 aliphatic rings. The molecule has 0 saturated heterocycles. The molecule has 4 rings (SSSR count). The van der Waals surface area contributed by atoms with Crippen molar-refractivity contribution in [1.29, 1.82) is 0 Å². The number of hydrogen-bond acceptors (Lipinski definition) is 5. The summed E-state index contributed by atoms with van der Waals surface area (Å²) in [6.07, 6.45) is 3.66. The molecule has 5 heteroatoms. The summed E-state index contributed by atoms with van der Waals surface area (Å²) in [5.41, 5.74) is 2.63. The predicted molar refractivity (Wildman–Crippen MR) is 98.2 cm³/mol. The van der Waals surface area contributed by atoms with Gasteiger partial charge in [0.25, 0.3) is 0 Å². The minimum absolute atomic E-state index is 0.142. The van der Waals surface area contributed by atoms with Crippen LogP contribution in [0, 0.1) is 6.92 Å². The lowest BCUT2D eigenvalue weighted by atomic mass is 9.91. The van der Waals surface area contributed by atoms with Gasteiger partial charge in [-0.2, -0.15) is 0 Å². The lowest BCUT2D eigenvalue weighted by Crippen LogP contribution is -2.24. The Morgan fingerprint density at radius 2 is 1.96 bits per heavy atom. The Balaban J connectivity index is 1.80. The lowest BCUT2D eigenvalue weighted by Gasteiger charge is -2.20. The molecule has 0 unspecified atom stereocenters. The summed E-state index contributed by atoms with van der Waals surface area (Å²) < 4.78 is 11.1. The van der Waals surface area contributed by atoms with E-state index >= 15 is 0 Å². The van der Waals surface area contributed by atoms with Crippen LogP contribution in [0.3, 0.4) is 0 Å². The normalized spacial score (nSPS) is 15.8. The lowest BCUT2D eigenvalue weighted by molar-refractivity contribution is 0.00717. The highest BCUT2D eigenvalue weighted by Crippen LogP contribution is 2.54. The van der Waals surface area contributed by atoms with Gasteiger partial charge in [0, 0.05) is 17.6 Å². The van der Waals surface area contributed by atoms with E-state index in [1.807, 2.05) is 45.9 Å². The molecule has 0 aliphatic heterocycles. The summed E-state index contributed by atoms with van der Waals surface area (Å²) in [5.74, 6) is 0.555. The zero-order chi connectivity index (χ0) is 18.5. The first-order chi connectivity index (χ1) is 12.3. The molecule has 2 aromatic heterocycles. The zero-order valence-corrected chi connectivity index (χ0v) is 15.5. The zero-order valence-electron chi connectivity index (χ0n) is 15.5. The number of aryl methyl sites for hydroxylation is 1. The van der Waals surface area contributed by atoms with Crippen molar-refractivity contribution in [1.82, 2.24) is 10.1 Å². The molecule has 1 saturated carbocycles. The molecule has 0 amide bonds. The Hall–Kier alpha value is -2.69. The van der Waals surface area contributed by atoms with Crippen LogP contribution in [-0.2, 0) is 10.2 Å². The van der Waals surface area contributed by atoms with Gasteiger partial charge in [-0.15, -0.1) is 0 Å². The smallest absolute Gasteiger partial charge is 0.339 e. The number of fused-ring (bicyclic) bond motifs is 1.